The summed E-state index contributed by atoms with van der Waals surface area (Å²) in [6, 6.07) is 4.14. The molecule has 4 nitrogen and oxygen atoms in total. The Morgan fingerprint density at radius 2 is 2.16 bits per heavy atom. The lowest BCUT2D eigenvalue weighted by atomic mass is 10.1. The zero-order valence-corrected chi connectivity index (χ0v) is 12.5. The van der Waals surface area contributed by atoms with Crippen molar-refractivity contribution in [3.05, 3.63) is 23.0 Å². The van der Waals surface area contributed by atoms with E-state index in [2.05, 4.69) is 25.2 Å². The van der Waals surface area contributed by atoms with Gasteiger partial charge >= 0.3 is 0 Å². The van der Waals surface area contributed by atoms with Gasteiger partial charge in [-0.25, -0.2) is 0 Å². The molecule has 0 aliphatic rings. The van der Waals surface area contributed by atoms with Crippen LogP contribution in [0.25, 0.3) is 0 Å². The van der Waals surface area contributed by atoms with Crippen molar-refractivity contribution in [2.24, 2.45) is 13.0 Å². The van der Waals surface area contributed by atoms with Gasteiger partial charge in [0.2, 0.25) is 0 Å². The van der Waals surface area contributed by atoms with E-state index < -0.39 is 0 Å². The van der Waals surface area contributed by atoms with Gasteiger partial charge in [0.25, 0.3) is 0 Å². The Bertz CT molecular complexity index is 429. The average Bonchev–Trinajstić information content (AvgIpc) is 2.65. The van der Waals surface area contributed by atoms with Crippen LogP contribution in [-0.2, 0) is 18.3 Å². The van der Waals surface area contributed by atoms with Crippen molar-refractivity contribution in [1.82, 2.24) is 9.88 Å². The lowest BCUT2D eigenvalue weighted by Gasteiger charge is -2.08. The Hall–Kier alpha value is -1.31. The highest BCUT2D eigenvalue weighted by atomic mass is 16.5. The van der Waals surface area contributed by atoms with Gasteiger partial charge in [0.15, 0.2) is 0 Å². The van der Waals surface area contributed by atoms with E-state index in [4.69, 9.17) is 10.00 Å². The summed E-state index contributed by atoms with van der Waals surface area (Å²) in [4.78, 5) is 0. The molecule has 1 heterocycles. The van der Waals surface area contributed by atoms with E-state index >= 15 is 0 Å². The second-order valence-electron chi connectivity index (χ2n) is 5.28. The maximum Gasteiger partial charge on any atom is 0.120 e. The van der Waals surface area contributed by atoms with E-state index in [1.54, 1.807) is 0 Å². The molecular formula is C15H25N3O. The number of hydrogen-bond acceptors (Lipinski definition) is 3. The summed E-state index contributed by atoms with van der Waals surface area (Å²) >= 11 is 0. The molecule has 0 aliphatic heterocycles. The Morgan fingerprint density at radius 3 is 2.74 bits per heavy atom. The number of nitrogens with one attached hydrogen (secondary N) is 1. The Balaban J connectivity index is 2.22. The molecule has 0 bridgehead atoms. The summed E-state index contributed by atoms with van der Waals surface area (Å²) in [6.45, 7) is 9.64. The van der Waals surface area contributed by atoms with Crippen molar-refractivity contribution < 1.29 is 4.74 Å². The van der Waals surface area contributed by atoms with Gasteiger partial charge in [-0.15, -0.1) is 0 Å². The number of aromatic nitrogens is 1. The zero-order chi connectivity index (χ0) is 14.3. The third-order valence-corrected chi connectivity index (χ3v) is 3.33. The van der Waals surface area contributed by atoms with Crippen LogP contribution >= 0.6 is 0 Å². The monoisotopic (exact) mass is 263 g/mol. The fourth-order valence-corrected chi connectivity index (χ4v) is 1.84. The minimum absolute atomic E-state index is 0.698. The number of rotatable bonds is 8. The molecule has 106 valence electrons. The molecule has 1 aromatic heterocycles. The van der Waals surface area contributed by atoms with Crippen LogP contribution in [-0.4, -0.2) is 24.3 Å². The van der Waals surface area contributed by atoms with Crippen LogP contribution in [0.5, 0.6) is 0 Å². The van der Waals surface area contributed by atoms with Gasteiger partial charge in [0.1, 0.15) is 11.8 Å². The maximum atomic E-state index is 8.96. The minimum Gasteiger partial charge on any atom is -0.380 e. The van der Waals surface area contributed by atoms with Crippen molar-refractivity contribution >= 4 is 0 Å². The van der Waals surface area contributed by atoms with Crippen molar-refractivity contribution in [3.63, 3.8) is 0 Å². The van der Waals surface area contributed by atoms with Crippen molar-refractivity contribution in [1.29, 1.82) is 5.26 Å². The molecule has 0 fully saturated rings. The fraction of sp³-hybridized carbons (Fsp3) is 0.667. The molecule has 0 atom stereocenters. The van der Waals surface area contributed by atoms with Gasteiger partial charge in [0, 0.05) is 32.4 Å². The summed E-state index contributed by atoms with van der Waals surface area (Å²) in [6.07, 6.45) is 1.11. The molecule has 0 saturated carbocycles. The first kappa shape index (κ1) is 15.7. The highest BCUT2D eigenvalue weighted by molar-refractivity contribution is 5.33. The molecule has 0 amide bonds. The predicted molar refractivity (Wildman–Crippen MR) is 76.8 cm³/mol. The molecule has 1 aromatic rings. The molecule has 0 aromatic carbocycles. The topological polar surface area (TPSA) is 50.0 Å². The second kappa shape index (κ2) is 7.98. The molecular weight excluding hydrogens is 238 g/mol. The Kier molecular flexibility index (Phi) is 6.61. The SMILES string of the molecule is Cc1c(CNCCOCCC(C)C)cc(C#N)n1C. The second-order valence-corrected chi connectivity index (χ2v) is 5.28. The smallest absolute Gasteiger partial charge is 0.120 e. The minimum atomic E-state index is 0.698. The van der Waals surface area contributed by atoms with Crippen LogP contribution in [0.3, 0.4) is 0 Å². The van der Waals surface area contributed by atoms with Crippen LogP contribution in [0.1, 0.15) is 37.2 Å². The number of ether oxygens (including phenoxy) is 1. The third kappa shape index (κ3) is 5.06. The summed E-state index contributed by atoms with van der Waals surface area (Å²) < 4.78 is 7.47. The van der Waals surface area contributed by atoms with Gasteiger partial charge in [-0.2, -0.15) is 5.26 Å². The van der Waals surface area contributed by atoms with Crippen molar-refractivity contribution in [2.45, 2.75) is 33.7 Å². The molecule has 0 saturated heterocycles. The van der Waals surface area contributed by atoms with Crippen molar-refractivity contribution in [3.8, 4) is 6.07 Å². The maximum absolute atomic E-state index is 8.96. The van der Waals surface area contributed by atoms with Crippen LogP contribution in [0, 0.1) is 24.2 Å². The third-order valence-electron chi connectivity index (χ3n) is 3.33. The first-order valence-corrected chi connectivity index (χ1v) is 6.90. The van der Waals surface area contributed by atoms with Crippen LogP contribution < -0.4 is 5.32 Å². The molecule has 4 heteroatoms. The standard InChI is InChI=1S/C15H25N3O/c1-12(2)5-7-19-8-6-17-11-14-9-15(10-16)18(4)13(14)3/h9,12,17H,5-8,11H2,1-4H3. The summed E-state index contributed by atoms with van der Waals surface area (Å²) in [5, 5.41) is 12.3. The van der Waals surface area contributed by atoms with Gasteiger partial charge in [-0.3, -0.25) is 0 Å². The normalized spacial score (nSPS) is 10.9. The molecule has 0 unspecified atom stereocenters. The van der Waals surface area contributed by atoms with Gasteiger partial charge in [0.05, 0.1) is 6.61 Å². The first-order valence-electron chi connectivity index (χ1n) is 6.90. The van der Waals surface area contributed by atoms with E-state index in [1.165, 1.54) is 5.56 Å². The molecule has 0 radical (unpaired) electrons. The van der Waals surface area contributed by atoms with Gasteiger partial charge in [-0.05, 0) is 30.9 Å². The number of hydrogen-bond donors (Lipinski definition) is 1. The van der Waals surface area contributed by atoms with Crippen LogP contribution in [0.2, 0.25) is 0 Å². The molecule has 0 spiro atoms. The van der Waals surface area contributed by atoms with Gasteiger partial charge < -0.3 is 14.6 Å². The lowest BCUT2D eigenvalue weighted by Crippen LogP contribution is -2.20. The summed E-state index contributed by atoms with van der Waals surface area (Å²) in [5.41, 5.74) is 3.04. The highest BCUT2D eigenvalue weighted by Crippen LogP contribution is 2.12. The lowest BCUT2D eigenvalue weighted by molar-refractivity contribution is 0.125. The summed E-state index contributed by atoms with van der Waals surface area (Å²) in [7, 11) is 1.92. The van der Waals surface area contributed by atoms with Gasteiger partial charge in [-0.1, -0.05) is 13.8 Å². The van der Waals surface area contributed by atoms with E-state index in [1.807, 2.05) is 24.6 Å². The quantitative estimate of drug-likeness (QED) is 0.732. The Morgan fingerprint density at radius 1 is 1.42 bits per heavy atom. The summed E-state index contributed by atoms with van der Waals surface area (Å²) in [5.74, 6) is 0.698. The highest BCUT2D eigenvalue weighted by Gasteiger charge is 2.07. The number of nitrogens with zero attached hydrogens (tertiary/aromatic N) is 2. The molecule has 1 rings (SSSR count). The average molecular weight is 263 g/mol. The first-order chi connectivity index (χ1) is 9.06. The molecule has 1 N–H and O–H groups in total. The number of nitriles is 1. The predicted octanol–water partition coefficient (Wildman–Crippen LogP) is 2.36. The van der Waals surface area contributed by atoms with Crippen molar-refractivity contribution in [2.75, 3.05) is 19.8 Å². The van der Waals surface area contributed by atoms with E-state index in [-0.39, 0.29) is 0 Å². The molecule has 19 heavy (non-hydrogen) atoms. The largest absolute Gasteiger partial charge is 0.380 e. The fourth-order valence-electron chi connectivity index (χ4n) is 1.84. The van der Waals surface area contributed by atoms with E-state index in [0.29, 0.717) is 11.6 Å². The zero-order valence-electron chi connectivity index (χ0n) is 12.5. The Labute approximate surface area is 116 Å². The van der Waals surface area contributed by atoms with Crippen LogP contribution in [0.4, 0.5) is 0 Å². The van der Waals surface area contributed by atoms with E-state index in [9.17, 15) is 0 Å². The van der Waals surface area contributed by atoms with E-state index in [0.717, 1.165) is 38.4 Å². The van der Waals surface area contributed by atoms with Crippen LogP contribution in [0.15, 0.2) is 6.07 Å². The molecule has 0 aliphatic carbocycles.